The zero-order valence-electron chi connectivity index (χ0n) is 10.1. The molecule has 0 aliphatic carbocycles. The fourth-order valence-corrected chi connectivity index (χ4v) is 2.34. The van der Waals surface area contributed by atoms with E-state index in [9.17, 15) is 4.79 Å². The van der Waals surface area contributed by atoms with Gasteiger partial charge in [0.1, 0.15) is 0 Å². The molecule has 1 atom stereocenters. The van der Waals surface area contributed by atoms with Crippen molar-refractivity contribution in [3.63, 3.8) is 0 Å². The molecular formula is C12H20N2OS. The number of carbonyl (C=O) groups is 1. The van der Waals surface area contributed by atoms with Crippen molar-refractivity contribution in [2.45, 2.75) is 45.7 Å². The van der Waals surface area contributed by atoms with Crippen molar-refractivity contribution in [2.75, 3.05) is 0 Å². The van der Waals surface area contributed by atoms with Gasteiger partial charge in [0.2, 0.25) is 0 Å². The molecule has 2 N–H and O–H groups in total. The summed E-state index contributed by atoms with van der Waals surface area (Å²) in [6, 6.07) is 4.32. The maximum absolute atomic E-state index is 11.6. The van der Waals surface area contributed by atoms with Crippen molar-refractivity contribution in [1.82, 2.24) is 10.6 Å². The molecule has 0 fully saturated rings. The molecule has 3 nitrogen and oxygen atoms in total. The standard InChI is InChI=1S/C12H20N2OS/c1-4-6-10(11-7-5-8-16-11)14-12(15)13-9(2)3/h5,7-10H,4,6H2,1-3H3,(H2,13,14,15). The number of hydrogen-bond donors (Lipinski definition) is 2. The largest absolute Gasteiger partial charge is 0.336 e. The molecule has 1 aromatic heterocycles. The van der Waals surface area contributed by atoms with Crippen LogP contribution in [0.1, 0.15) is 44.5 Å². The maximum Gasteiger partial charge on any atom is 0.315 e. The lowest BCUT2D eigenvalue weighted by atomic mass is 10.1. The Labute approximate surface area is 101 Å². The highest BCUT2D eigenvalue weighted by Crippen LogP contribution is 2.22. The molecule has 1 unspecified atom stereocenters. The molecule has 0 saturated heterocycles. The van der Waals surface area contributed by atoms with E-state index in [2.05, 4.69) is 23.6 Å². The Bertz CT molecular complexity index is 309. The van der Waals surface area contributed by atoms with Crippen molar-refractivity contribution < 1.29 is 4.79 Å². The van der Waals surface area contributed by atoms with E-state index in [1.54, 1.807) is 11.3 Å². The molecule has 90 valence electrons. The summed E-state index contributed by atoms with van der Waals surface area (Å²) in [6.07, 6.45) is 2.04. The average molecular weight is 240 g/mol. The Hall–Kier alpha value is -1.03. The lowest BCUT2D eigenvalue weighted by Crippen LogP contribution is -2.41. The Morgan fingerprint density at radius 3 is 2.69 bits per heavy atom. The number of thiophene rings is 1. The summed E-state index contributed by atoms with van der Waals surface area (Å²) in [7, 11) is 0. The van der Waals surface area contributed by atoms with Crippen molar-refractivity contribution in [1.29, 1.82) is 0 Å². The Morgan fingerprint density at radius 1 is 1.44 bits per heavy atom. The van der Waals surface area contributed by atoms with Crippen LogP contribution in [0.2, 0.25) is 0 Å². The van der Waals surface area contributed by atoms with Crippen molar-refractivity contribution in [2.24, 2.45) is 0 Å². The second kappa shape index (κ2) is 6.53. The third kappa shape index (κ3) is 4.23. The number of hydrogen-bond acceptors (Lipinski definition) is 2. The predicted octanol–water partition coefficient (Wildman–Crippen LogP) is 3.30. The summed E-state index contributed by atoms with van der Waals surface area (Å²) in [5.74, 6) is 0. The molecule has 1 rings (SSSR count). The second-order valence-corrected chi connectivity index (χ2v) is 5.11. The quantitative estimate of drug-likeness (QED) is 0.814. The van der Waals surface area contributed by atoms with Crippen LogP contribution in [-0.2, 0) is 0 Å². The summed E-state index contributed by atoms with van der Waals surface area (Å²) in [4.78, 5) is 12.8. The van der Waals surface area contributed by atoms with Crippen LogP contribution in [0, 0.1) is 0 Å². The fourth-order valence-electron chi connectivity index (χ4n) is 1.53. The van der Waals surface area contributed by atoms with E-state index in [0.717, 1.165) is 12.8 Å². The third-order valence-electron chi connectivity index (χ3n) is 2.19. The van der Waals surface area contributed by atoms with Gasteiger partial charge in [-0.1, -0.05) is 19.4 Å². The van der Waals surface area contributed by atoms with Crippen LogP contribution in [0.4, 0.5) is 4.79 Å². The van der Waals surface area contributed by atoms with Crippen LogP contribution in [0.25, 0.3) is 0 Å². The zero-order valence-corrected chi connectivity index (χ0v) is 10.9. The molecule has 4 heteroatoms. The Morgan fingerprint density at radius 2 is 2.19 bits per heavy atom. The van der Waals surface area contributed by atoms with Gasteiger partial charge in [0.25, 0.3) is 0 Å². The number of amides is 2. The zero-order chi connectivity index (χ0) is 12.0. The highest BCUT2D eigenvalue weighted by atomic mass is 32.1. The van der Waals surface area contributed by atoms with Crippen LogP contribution in [-0.4, -0.2) is 12.1 Å². The average Bonchev–Trinajstić information content (AvgIpc) is 2.68. The molecule has 0 aliphatic rings. The van der Waals surface area contributed by atoms with Gasteiger partial charge in [0, 0.05) is 10.9 Å². The molecule has 0 aromatic carbocycles. The van der Waals surface area contributed by atoms with Crippen LogP contribution >= 0.6 is 11.3 Å². The Kier molecular flexibility index (Phi) is 5.32. The first kappa shape index (κ1) is 13.0. The number of urea groups is 1. The first-order chi connectivity index (χ1) is 7.63. The molecule has 1 aromatic rings. The number of rotatable bonds is 5. The number of carbonyl (C=O) groups excluding carboxylic acids is 1. The van der Waals surface area contributed by atoms with E-state index in [1.807, 2.05) is 25.3 Å². The van der Waals surface area contributed by atoms with Crippen LogP contribution < -0.4 is 10.6 Å². The summed E-state index contributed by atoms with van der Waals surface area (Å²) < 4.78 is 0. The summed E-state index contributed by atoms with van der Waals surface area (Å²) in [5, 5.41) is 7.90. The first-order valence-corrected chi connectivity index (χ1v) is 6.62. The number of nitrogens with one attached hydrogen (secondary N) is 2. The van der Waals surface area contributed by atoms with Gasteiger partial charge in [-0.15, -0.1) is 11.3 Å². The second-order valence-electron chi connectivity index (χ2n) is 4.13. The van der Waals surface area contributed by atoms with Crippen LogP contribution in [0.5, 0.6) is 0 Å². The van der Waals surface area contributed by atoms with E-state index >= 15 is 0 Å². The third-order valence-corrected chi connectivity index (χ3v) is 3.18. The minimum atomic E-state index is -0.0816. The van der Waals surface area contributed by atoms with Crippen LogP contribution in [0.3, 0.4) is 0 Å². The fraction of sp³-hybridized carbons (Fsp3) is 0.583. The van der Waals surface area contributed by atoms with E-state index < -0.39 is 0 Å². The molecule has 2 amide bonds. The smallest absolute Gasteiger partial charge is 0.315 e. The van der Waals surface area contributed by atoms with E-state index in [0.29, 0.717) is 0 Å². The minimum absolute atomic E-state index is 0.0816. The van der Waals surface area contributed by atoms with Gasteiger partial charge in [-0.3, -0.25) is 0 Å². The molecule has 0 radical (unpaired) electrons. The first-order valence-electron chi connectivity index (χ1n) is 5.74. The normalized spacial score (nSPS) is 12.5. The van der Waals surface area contributed by atoms with Gasteiger partial charge >= 0.3 is 6.03 Å². The molecule has 16 heavy (non-hydrogen) atoms. The van der Waals surface area contributed by atoms with Gasteiger partial charge < -0.3 is 10.6 Å². The lowest BCUT2D eigenvalue weighted by Gasteiger charge is -2.18. The highest BCUT2D eigenvalue weighted by Gasteiger charge is 2.14. The summed E-state index contributed by atoms with van der Waals surface area (Å²) in [6.45, 7) is 6.04. The molecule has 1 heterocycles. The molecule has 0 aliphatic heterocycles. The molecular weight excluding hydrogens is 220 g/mol. The van der Waals surface area contributed by atoms with E-state index in [-0.39, 0.29) is 18.1 Å². The van der Waals surface area contributed by atoms with E-state index in [1.165, 1.54) is 4.88 Å². The van der Waals surface area contributed by atoms with Gasteiger partial charge in [-0.05, 0) is 31.7 Å². The highest BCUT2D eigenvalue weighted by molar-refractivity contribution is 7.10. The van der Waals surface area contributed by atoms with E-state index in [4.69, 9.17) is 0 Å². The van der Waals surface area contributed by atoms with Gasteiger partial charge in [0.05, 0.1) is 6.04 Å². The van der Waals surface area contributed by atoms with Crippen molar-refractivity contribution in [3.05, 3.63) is 22.4 Å². The van der Waals surface area contributed by atoms with Gasteiger partial charge in [-0.2, -0.15) is 0 Å². The van der Waals surface area contributed by atoms with Gasteiger partial charge in [0.15, 0.2) is 0 Å². The summed E-state index contributed by atoms with van der Waals surface area (Å²) in [5.41, 5.74) is 0. The molecule has 0 saturated carbocycles. The lowest BCUT2D eigenvalue weighted by molar-refractivity contribution is 0.234. The minimum Gasteiger partial charge on any atom is -0.336 e. The van der Waals surface area contributed by atoms with Crippen molar-refractivity contribution in [3.8, 4) is 0 Å². The predicted molar refractivity (Wildman–Crippen MR) is 68.8 cm³/mol. The monoisotopic (exact) mass is 240 g/mol. The molecule has 0 bridgehead atoms. The van der Waals surface area contributed by atoms with Crippen molar-refractivity contribution >= 4 is 17.4 Å². The SMILES string of the molecule is CCCC(NC(=O)NC(C)C)c1cccs1. The Balaban J connectivity index is 2.55. The maximum atomic E-state index is 11.6. The molecule has 0 spiro atoms. The van der Waals surface area contributed by atoms with Gasteiger partial charge in [-0.25, -0.2) is 4.79 Å². The topological polar surface area (TPSA) is 41.1 Å². The van der Waals surface area contributed by atoms with Crippen LogP contribution in [0.15, 0.2) is 17.5 Å². The summed E-state index contributed by atoms with van der Waals surface area (Å²) >= 11 is 1.69.